The smallest absolute Gasteiger partial charge is 0.343 e. The third-order valence-electron chi connectivity index (χ3n) is 1.72. The summed E-state index contributed by atoms with van der Waals surface area (Å²) in [7, 11) is 0. The van der Waals surface area contributed by atoms with Crippen molar-refractivity contribution in [2.45, 2.75) is 6.43 Å². The van der Waals surface area contributed by atoms with Crippen LogP contribution in [-0.4, -0.2) is 16.0 Å². The van der Waals surface area contributed by atoms with E-state index in [0.29, 0.717) is 0 Å². The fraction of sp³-hybridized carbons (Fsp3) is 0.125. The first kappa shape index (κ1) is 11.0. The predicted octanol–water partition coefficient (Wildman–Crippen LogP) is 2.23. The second-order valence-electron chi connectivity index (χ2n) is 2.60. The maximum Gasteiger partial charge on any atom is 0.343 e. The number of hydrogen-bond donors (Lipinski definition) is 1. The predicted molar refractivity (Wildman–Crippen MR) is 45.0 cm³/mol. The van der Waals surface area contributed by atoms with Crippen molar-refractivity contribution in [3.63, 3.8) is 0 Å². The minimum Gasteiger partial charge on any atom is -0.477 e. The number of carboxylic acid groups (broad SMARTS) is 1. The van der Waals surface area contributed by atoms with E-state index in [9.17, 15) is 23.7 Å². The van der Waals surface area contributed by atoms with Gasteiger partial charge in [-0.1, -0.05) is 12.1 Å². The van der Waals surface area contributed by atoms with Crippen molar-refractivity contribution in [1.29, 1.82) is 0 Å². The number of hydrogen-bond acceptors (Lipinski definition) is 3. The van der Waals surface area contributed by atoms with E-state index in [-0.39, 0.29) is 0 Å². The Balaban J connectivity index is 3.48. The number of alkyl halides is 2. The van der Waals surface area contributed by atoms with Gasteiger partial charge in [-0.15, -0.1) is 0 Å². The molecule has 0 amide bonds. The molecule has 1 aromatic carbocycles. The van der Waals surface area contributed by atoms with Gasteiger partial charge in [-0.05, 0) is 0 Å². The Labute approximate surface area is 82.1 Å². The van der Waals surface area contributed by atoms with E-state index in [4.69, 9.17) is 5.11 Å². The Morgan fingerprint density at radius 3 is 2.47 bits per heavy atom. The first-order chi connectivity index (χ1) is 6.95. The van der Waals surface area contributed by atoms with Crippen LogP contribution in [-0.2, 0) is 0 Å². The Kier molecular flexibility index (Phi) is 2.93. The second-order valence-corrected chi connectivity index (χ2v) is 2.60. The number of nitro benzene ring substituents is 1. The molecular formula is C8H5F2NO4. The van der Waals surface area contributed by atoms with Crippen LogP contribution >= 0.6 is 0 Å². The highest BCUT2D eigenvalue weighted by Crippen LogP contribution is 2.29. The highest BCUT2D eigenvalue weighted by atomic mass is 19.3. The average molecular weight is 217 g/mol. The van der Waals surface area contributed by atoms with Gasteiger partial charge in [0.25, 0.3) is 12.1 Å². The normalized spacial score (nSPS) is 10.3. The van der Waals surface area contributed by atoms with Gasteiger partial charge < -0.3 is 5.11 Å². The van der Waals surface area contributed by atoms with Gasteiger partial charge >= 0.3 is 5.97 Å². The van der Waals surface area contributed by atoms with Crippen LogP contribution in [0.3, 0.4) is 0 Å². The molecule has 7 heteroatoms. The first-order valence-corrected chi connectivity index (χ1v) is 3.74. The van der Waals surface area contributed by atoms with Crippen LogP contribution in [0.5, 0.6) is 0 Å². The molecule has 80 valence electrons. The molecule has 0 saturated carbocycles. The molecule has 0 spiro atoms. The van der Waals surface area contributed by atoms with Gasteiger partial charge in [0.2, 0.25) is 0 Å². The van der Waals surface area contributed by atoms with Crippen LogP contribution in [0.1, 0.15) is 22.3 Å². The van der Waals surface area contributed by atoms with Crippen LogP contribution in [0.2, 0.25) is 0 Å². The molecule has 0 aliphatic heterocycles. The van der Waals surface area contributed by atoms with Crippen molar-refractivity contribution in [2.75, 3.05) is 0 Å². The van der Waals surface area contributed by atoms with Crippen LogP contribution < -0.4 is 0 Å². The van der Waals surface area contributed by atoms with Gasteiger partial charge in [0, 0.05) is 11.6 Å². The van der Waals surface area contributed by atoms with Gasteiger partial charge in [-0.25, -0.2) is 13.6 Å². The summed E-state index contributed by atoms with van der Waals surface area (Å²) in [5, 5.41) is 19.0. The first-order valence-electron chi connectivity index (χ1n) is 3.74. The fourth-order valence-corrected chi connectivity index (χ4v) is 1.12. The van der Waals surface area contributed by atoms with E-state index in [1.165, 1.54) is 0 Å². The van der Waals surface area contributed by atoms with Crippen molar-refractivity contribution in [3.05, 3.63) is 39.4 Å². The number of carbonyl (C=O) groups is 1. The molecule has 0 heterocycles. The lowest BCUT2D eigenvalue weighted by atomic mass is 10.1. The molecule has 5 nitrogen and oxygen atoms in total. The van der Waals surface area contributed by atoms with Crippen molar-refractivity contribution in [1.82, 2.24) is 0 Å². The SMILES string of the molecule is O=C(O)c1c(C(F)F)cccc1[N+](=O)[O-]. The lowest BCUT2D eigenvalue weighted by Gasteiger charge is -2.04. The molecule has 0 fully saturated rings. The summed E-state index contributed by atoms with van der Waals surface area (Å²) in [6, 6.07) is 2.74. The van der Waals surface area contributed by atoms with E-state index < -0.39 is 34.1 Å². The molecule has 0 unspecified atom stereocenters. The number of benzene rings is 1. The van der Waals surface area contributed by atoms with Crippen molar-refractivity contribution in [2.24, 2.45) is 0 Å². The maximum atomic E-state index is 12.3. The highest BCUT2D eigenvalue weighted by molar-refractivity contribution is 5.94. The molecule has 1 aromatic rings. The molecule has 0 bridgehead atoms. The number of carboxylic acids is 1. The molecule has 0 radical (unpaired) electrons. The third-order valence-corrected chi connectivity index (χ3v) is 1.72. The number of nitrogens with zero attached hydrogens (tertiary/aromatic N) is 1. The summed E-state index contributed by atoms with van der Waals surface area (Å²) >= 11 is 0. The van der Waals surface area contributed by atoms with E-state index in [1.54, 1.807) is 0 Å². The Morgan fingerprint density at radius 2 is 2.07 bits per heavy atom. The molecule has 0 aliphatic rings. The average Bonchev–Trinajstić information content (AvgIpc) is 2.16. The van der Waals surface area contributed by atoms with Crippen LogP contribution in [0.4, 0.5) is 14.5 Å². The minimum atomic E-state index is -3.06. The standard InChI is InChI=1S/C8H5F2NO4/c9-7(10)4-2-1-3-5(11(14)15)6(4)8(12)13/h1-3,7H,(H,12,13). The second kappa shape index (κ2) is 3.99. The quantitative estimate of drug-likeness (QED) is 0.621. The summed E-state index contributed by atoms with van der Waals surface area (Å²) in [5.74, 6) is -1.74. The summed E-state index contributed by atoms with van der Waals surface area (Å²) in [6.45, 7) is 0. The summed E-state index contributed by atoms with van der Waals surface area (Å²) in [4.78, 5) is 20.0. The molecule has 0 aliphatic carbocycles. The maximum absolute atomic E-state index is 12.3. The van der Waals surface area contributed by atoms with Crippen molar-refractivity contribution in [3.8, 4) is 0 Å². The van der Waals surface area contributed by atoms with E-state index in [0.717, 1.165) is 18.2 Å². The zero-order valence-electron chi connectivity index (χ0n) is 7.18. The van der Waals surface area contributed by atoms with Crippen molar-refractivity contribution < 1.29 is 23.6 Å². The molecule has 0 saturated heterocycles. The zero-order chi connectivity index (χ0) is 11.6. The lowest BCUT2D eigenvalue weighted by Crippen LogP contribution is -2.07. The van der Waals surface area contributed by atoms with Crippen molar-refractivity contribution >= 4 is 11.7 Å². The van der Waals surface area contributed by atoms with Crippen LogP contribution in [0, 0.1) is 10.1 Å². The van der Waals surface area contributed by atoms with Crippen LogP contribution in [0.25, 0.3) is 0 Å². The minimum absolute atomic E-state index is 0.833. The Morgan fingerprint density at radius 1 is 1.47 bits per heavy atom. The highest BCUT2D eigenvalue weighted by Gasteiger charge is 2.27. The molecule has 1 N–H and O–H groups in total. The molecule has 15 heavy (non-hydrogen) atoms. The Bertz CT molecular complexity index is 419. The number of halogens is 2. The van der Waals surface area contributed by atoms with E-state index in [1.807, 2.05) is 0 Å². The third kappa shape index (κ3) is 2.06. The summed E-state index contributed by atoms with van der Waals surface area (Å²) in [5.41, 5.74) is -2.64. The summed E-state index contributed by atoms with van der Waals surface area (Å²) < 4.78 is 24.7. The molecule has 1 rings (SSSR count). The van der Waals surface area contributed by atoms with E-state index in [2.05, 4.69) is 0 Å². The van der Waals surface area contributed by atoms with Gasteiger partial charge in [0.1, 0.15) is 5.56 Å². The number of nitro groups is 1. The Hall–Kier alpha value is -2.05. The lowest BCUT2D eigenvalue weighted by molar-refractivity contribution is -0.385. The molecule has 0 aromatic heterocycles. The van der Waals surface area contributed by atoms with Gasteiger partial charge in [0.15, 0.2) is 0 Å². The van der Waals surface area contributed by atoms with Gasteiger partial charge in [0.05, 0.1) is 4.92 Å². The molecule has 0 atom stereocenters. The zero-order valence-corrected chi connectivity index (χ0v) is 7.18. The topological polar surface area (TPSA) is 80.4 Å². The van der Waals surface area contributed by atoms with Gasteiger partial charge in [-0.2, -0.15) is 0 Å². The summed E-state index contributed by atoms with van der Waals surface area (Å²) in [6.07, 6.45) is -3.06. The largest absolute Gasteiger partial charge is 0.477 e. The number of rotatable bonds is 3. The number of aromatic carboxylic acids is 1. The monoisotopic (exact) mass is 217 g/mol. The van der Waals surface area contributed by atoms with Gasteiger partial charge in [-0.3, -0.25) is 10.1 Å². The molecular weight excluding hydrogens is 212 g/mol. The van der Waals surface area contributed by atoms with E-state index >= 15 is 0 Å². The fourth-order valence-electron chi connectivity index (χ4n) is 1.12. The van der Waals surface area contributed by atoms with Crippen LogP contribution in [0.15, 0.2) is 18.2 Å².